The number of carbonyl (C=O) groups is 1. The molecule has 2 rings (SSSR count). The van der Waals surface area contributed by atoms with Crippen LogP contribution in [0.25, 0.3) is 0 Å². The van der Waals surface area contributed by atoms with Crippen LogP contribution in [0.5, 0.6) is 5.75 Å². The lowest BCUT2D eigenvalue weighted by molar-refractivity contribution is 0.0955. The van der Waals surface area contributed by atoms with Gasteiger partial charge in [0, 0.05) is 18.0 Å². The Hall–Kier alpha value is -2.69. The number of ether oxygens (including phenoxy) is 1. The van der Waals surface area contributed by atoms with Gasteiger partial charge in [0.25, 0.3) is 5.91 Å². The molecule has 21 heavy (non-hydrogen) atoms. The minimum absolute atomic E-state index is 0.143. The summed E-state index contributed by atoms with van der Waals surface area (Å²) < 4.78 is 5.55. The lowest BCUT2D eigenvalue weighted by Crippen LogP contribution is -2.17. The Bertz CT molecular complexity index is 607. The maximum Gasteiger partial charge on any atom is 0.271 e. The van der Waals surface area contributed by atoms with Crippen LogP contribution in [-0.4, -0.2) is 23.2 Å². The second-order valence-electron chi connectivity index (χ2n) is 4.67. The van der Waals surface area contributed by atoms with Crippen molar-refractivity contribution in [3.8, 4) is 5.75 Å². The zero-order valence-electron chi connectivity index (χ0n) is 12.0. The van der Waals surface area contributed by atoms with Gasteiger partial charge in [-0.2, -0.15) is 5.10 Å². The number of hydrogen-bond donors (Lipinski definition) is 1. The first-order valence-electron chi connectivity index (χ1n) is 6.65. The molecule has 108 valence electrons. The number of hydrogen-bond acceptors (Lipinski definition) is 4. The molecule has 0 atom stereocenters. The van der Waals surface area contributed by atoms with Crippen molar-refractivity contribution in [2.45, 2.75) is 20.0 Å². The monoisotopic (exact) mass is 283 g/mol. The Labute approximate surface area is 123 Å². The van der Waals surface area contributed by atoms with Crippen LogP contribution in [0.4, 0.5) is 0 Å². The van der Waals surface area contributed by atoms with Crippen LogP contribution in [0.2, 0.25) is 0 Å². The average Bonchev–Trinajstić information content (AvgIpc) is 2.49. The van der Waals surface area contributed by atoms with E-state index in [1.165, 1.54) is 0 Å². The normalized spacial score (nSPS) is 10.8. The molecule has 0 spiro atoms. The molecule has 0 aliphatic carbocycles. The predicted molar refractivity (Wildman–Crippen MR) is 81.5 cm³/mol. The molecule has 5 nitrogen and oxygen atoms in total. The third-order valence-corrected chi connectivity index (χ3v) is 2.57. The second-order valence-corrected chi connectivity index (χ2v) is 4.67. The summed E-state index contributed by atoms with van der Waals surface area (Å²) in [6.07, 6.45) is 4.85. The summed E-state index contributed by atoms with van der Waals surface area (Å²) in [6.45, 7) is 3.95. The smallest absolute Gasteiger partial charge is 0.271 e. The molecule has 0 radical (unpaired) electrons. The first kappa shape index (κ1) is 14.7. The Balaban J connectivity index is 1.91. The van der Waals surface area contributed by atoms with E-state index in [0.717, 1.165) is 11.3 Å². The Morgan fingerprint density at radius 1 is 1.19 bits per heavy atom. The van der Waals surface area contributed by atoms with Crippen LogP contribution in [0.3, 0.4) is 0 Å². The molecule has 1 heterocycles. The highest BCUT2D eigenvalue weighted by Crippen LogP contribution is 2.12. The number of nitrogens with zero attached hydrogens (tertiary/aromatic N) is 2. The van der Waals surface area contributed by atoms with Gasteiger partial charge < -0.3 is 4.74 Å². The number of pyridine rings is 1. The molecule has 5 heteroatoms. The van der Waals surface area contributed by atoms with Crippen molar-refractivity contribution >= 4 is 12.1 Å². The molecular formula is C16H17N3O2. The van der Waals surface area contributed by atoms with Gasteiger partial charge >= 0.3 is 0 Å². The van der Waals surface area contributed by atoms with Crippen molar-refractivity contribution in [2.24, 2.45) is 5.10 Å². The van der Waals surface area contributed by atoms with Crippen LogP contribution >= 0.6 is 0 Å². The first-order valence-corrected chi connectivity index (χ1v) is 6.65. The number of nitrogens with one attached hydrogen (secondary N) is 1. The number of hydrazone groups is 1. The standard InChI is InChI=1S/C16H17N3O2/c1-12(2)21-15-5-3-13(4-6-15)11-18-19-16(20)14-7-9-17-10-8-14/h3-12H,1-2H3,(H,19,20)/b18-11+. The van der Waals surface area contributed by atoms with Crippen molar-refractivity contribution in [1.29, 1.82) is 0 Å². The molecule has 1 amide bonds. The van der Waals surface area contributed by atoms with Gasteiger partial charge in [0.15, 0.2) is 0 Å². The number of benzene rings is 1. The summed E-state index contributed by atoms with van der Waals surface area (Å²) in [6, 6.07) is 10.7. The first-order chi connectivity index (χ1) is 10.1. The van der Waals surface area contributed by atoms with Crippen molar-refractivity contribution < 1.29 is 9.53 Å². The fraction of sp³-hybridized carbons (Fsp3) is 0.188. The van der Waals surface area contributed by atoms with Crippen molar-refractivity contribution in [3.05, 3.63) is 59.9 Å². The fourth-order valence-corrected chi connectivity index (χ4v) is 1.64. The molecular weight excluding hydrogens is 266 g/mol. The SMILES string of the molecule is CC(C)Oc1ccc(/C=N/NC(=O)c2ccncc2)cc1. The maximum absolute atomic E-state index is 11.7. The summed E-state index contributed by atoms with van der Waals surface area (Å²) in [5.41, 5.74) is 3.86. The Morgan fingerprint density at radius 2 is 1.86 bits per heavy atom. The van der Waals surface area contributed by atoms with Crippen molar-refractivity contribution in [2.75, 3.05) is 0 Å². The van der Waals surface area contributed by atoms with Crippen LogP contribution in [0.15, 0.2) is 53.9 Å². The lowest BCUT2D eigenvalue weighted by Gasteiger charge is -2.09. The highest BCUT2D eigenvalue weighted by molar-refractivity contribution is 5.94. The molecule has 2 aromatic rings. The molecule has 0 saturated heterocycles. The van der Waals surface area contributed by atoms with E-state index in [-0.39, 0.29) is 12.0 Å². The van der Waals surface area contributed by atoms with E-state index in [9.17, 15) is 4.79 Å². The molecule has 1 N–H and O–H groups in total. The van der Waals surface area contributed by atoms with Gasteiger partial charge in [-0.25, -0.2) is 5.43 Å². The number of rotatable bonds is 5. The summed E-state index contributed by atoms with van der Waals surface area (Å²) in [5, 5.41) is 3.92. The number of amides is 1. The number of aromatic nitrogens is 1. The Morgan fingerprint density at radius 3 is 2.48 bits per heavy atom. The molecule has 0 bridgehead atoms. The molecule has 0 aliphatic rings. The van der Waals surface area contributed by atoms with Gasteiger partial charge in [0.1, 0.15) is 5.75 Å². The minimum Gasteiger partial charge on any atom is -0.491 e. The zero-order valence-corrected chi connectivity index (χ0v) is 12.0. The molecule has 0 aliphatic heterocycles. The molecule has 1 aromatic carbocycles. The second kappa shape index (κ2) is 7.19. The maximum atomic E-state index is 11.7. The molecule has 0 unspecified atom stereocenters. The van der Waals surface area contributed by atoms with Gasteiger partial charge in [-0.1, -0.05) is 0 Å². The van der Waals surface area contributed by atoms with Crippen LogP contribution in [-0.2, 0) is 0 Å². The van der Waals surface area contributed by atoms with E-state index in [1.807, 2.05) is 38.1 Å². The van der Waals surface area contributed by atoms with Crippen molar-refractivity contribution in [1.82, 2.24) is 10.4 Å². The van der Waals surface area contributed by atoms with E-state index in [0.29, 0.717) is 5.56 Å². The van der Waals surface area contributed by atoms with Crippen LogP contribution < -0.4 is 10.2 Å². The van der Waals surface area contributed by atoms with E-state index in [2.05, 4.69) is 15.5 Å². The Kier molecular flexibility index (Phi) is 5.04. The highest BCUT2D eigenvalue weighted by atomic mass is 16.5. The van der Waals surface area contributed by atoms with E-state index >= 15 is 0 Å². The third-order valence-electron chi connectivity index (χ3n) is 2.57. The minimum atomic E-state index is -0.270. The zero-order chi connectivity index (χ0) is 15.1. The lowest BCUT2D eigenvalue weighted by atomic mass is 10.2. The highest BCUT2D eigenvalue weighted by Gasteiger charge is 2.02. The van der Waals surface area contributed by atoms with Crippen LogP contribution in [0, 0.1) is 0 Å². The third kappa shape index (κ3) is 4.72. The largest absolute Gasteiger partial charge is 0.491 e. The van der Waals surface area contributed by atoms with Gasteiger partial charge in [-0.15, -0.1) is 0 Å². The van der Waals surface area contributed by atoms with Crippen LogP contribution in [0.1, 0.15) is 29.8 Å². The quantitative estimate of drug-likeness (QED) is 0.677. The predicted octanol–water partition coefficient (Wildman–Crippen LogP) is 2.63. The van der Waals surface area contributed by atoms with Gasteiger partial charge in [0.2, 0.25) is 0 Å². The summed E-state index contributed by atoms with van der Waals surface area (Å²) in [4.78, 5) is 15.6. The van der Waals surface area contributed by atoms with Crippen molar-refractivity contribution in [3.63, 3.8) is 0 Å². The molecule has 0 fully saturated rings. The summed E-state index contributed by atoms with van der Waals surface area (Å²) in [7, 11) is 0. The summed E-state index contributed by atoms with van der Waals surface area (Å²) >= 11 is 0. The van der Waals surface area contributed by atoms with E-state index in [4.69, 9.17) is 4.74 Å². The molecule has 0 saturated carbocycles. The average molecular weight is 283 g/mol. The van der Waals surface area contributed by atoms with E-state index < -0.39 is 0 Å². The topological polar surface area (TPSA) is 63.6 Å². The van der Waals surface area contributed by atoms with Gasteiger partial charge in [-0.3, -0.25) is 9.78 Å². The molecule has 1 aromatic heterocycles. The van der Waals surface area contributed by atoms with Gasteiger partial charge in [-0.05, 0) is 55.8 Å². The van der Waals surface area contributed by atoms with E-state index in [1.54, 1.807) is 30.7 Å². The fourth-order valence-electron chi connectivity index (χ4n) is 1.64. The summed E-state index contributed by atoms with van der Waals surface area (Å²) in [5.74, 6) is 0.538. The number of carbonyl (C=O) groups excluding carboxylic acids is 1. The van der Waals surface area contributed by atoms with Gasteiger partial charge in [0.05, 0.1) is 12.3 Å².